The van der Waals surface area contributed by atoms with Gasteiger partial charge in [-0.25, -0.2) is 0 Å². The molecule has 0 fully saturated rings. The summed E-state index contributed by atoms with van der Waals surface area (Å²) in [6.07, 6.45) is 1.67. The Morgan fingerprint density at radius 2 is 1.79 bits per heavy atom. The maximum atomic E-state index is 12.5. The second-order valence-electron chi connectivity index (χ2n) is 6.39. The molecule has 0 saturated carbocycles. The van der Waals surface area contributed by atoms with Crippen molar-refractivity contribution in [1.82, 2.24) is 5.32 Å². The van der Waals surface area contributed by atoms with E-state index < -0.39 is 10.8 Å². The Morgan fingerprint density at radius 3 is 2.42 bits per heavy atom. The molecule has 3 nitrogen and oxygen atoms in total. The van der Waals surface area contributed by atoms with E-state index in [4.69, 9.17) is 0 Å². The maximum absolute atomic E-state index is 12.5. The fraction of sp³-hybridized carbons (Fsp3) is 0.350. The van der Waals surface area contributed by atoms with Crippen LogP contribution in [0.25, 0.3) is 0 Å². The average Bonchev–Trinajstić information content (AvgIpc) is 2.55. The zero-order chi connectivity index (χ0) is 17.5. The van der Waals surface area contributed by atoms with E-state index in [-0.39, 0.29) is 11.8 Å². The van der Waals surface area contributed by atoms with E-state index in [0.29, 0.717) is 23.8 Å². The minimum Gasteiger partial charge on any atom is -0.351 e. The summed E-state index contributed by atoms with van der Waals surface area (Å²) in [5.74, 6) is 1.10. The Bertz CT molecular complexity index is 698. The molecular weight excluding hydrogens is 318 g/mol. The molecule has 0 aromatic heterocycles. The Hall–Kier alpha value is -1.94. The van der Waals surface area contributed by atoms with Gasteiger partial charge >= 0.3 is 0 Å². The van der Waals surface area contributed by atoms with Gasteiger partial charge in [-0.15, -0.1) is 0 Å². The van der Waals surface area contributed by atoms with Crippen LogP contribution in [0.1, 0.15) is 41.3 Å². The molecule has 0 unspecified atom stereocenters. The summed E-state index contributed by atoms with van der Waals surface area (Å²) in [4.78, 5) is 12.5. The highest BCUT2D eigenvalue weighted by Gasteiger charge is 2.17. The fourth-order valence-corrected chi connectivity index (χ4v) is 3.43. The number of rotatable bonds is 7. The van der Waals surface area contributed by atoms with Crippen LogP contribution in [-0.4, -0.2) is 22.9 Å². The van der Waals surface area contributed by atoms with Crippen molar-refractivity contribution in [2.75, 3.05) is 12.8 Å². The van der Waals surface area contributed by atoms with Crippen LogP contribution in [0.2, 0.25) is 0 Å². The number of carbonyl (C=O) groups excluding carboxylic acids is 1. The fourth-order valence-electron chi connectivity index (χ4n) is 2.78. The lowest BCUT2D eigenvalue weighted by Gasteiger charge is -2.22. The number of hydrogen-bond acceptors (Lipinski definition) is 2. The number of benzene rings is 2. The molecule has 2 rings (SSSR count). The highest BCUT2D eigenvalue weighted by Crippen LogP contribution is 2.23. The van der Waals surface area contributed by atoms with Crippen molar-refractivity contribution in [3.8, 4) is 0 Å². The third-order valence-electron chi connectivity index (χ3n) is 4.07. The molecule has 2 aromatic carbocycles. The van der Waals surface area contributed by atoms with Gasteiger partial charge < -0.3 is 5.32 Å². The van der Waals surface area contributed by atoms with Crippen LogP contribution >= 0.6 is 0 Å². The number of hydrogen-bond donors (Lipinski definition) is 1. The van der Waals surface area contributed by atoms with E-state index in [1.54, 1.807) is 12.3 Å². The second kappa shape index (κ2) is 8.78. The van der Waals surface area contributed by atoms with Crippen LogP contribution in [0.5, 0.6) is 0 Å². The van der Waals surface area contributed by atoms with Crippen molar-refractivity contribution < 1.29 is 9.00 Å². The van der Waals surface area contributed by atoms with E-state index in [2.05, 4.69) is 31.3 Å². The van der Waals surface area contributed by atoms with E-state index >= 15 is 0 Å². The third-order valence-corrected chi connectivity index (χ3v) is 4.81. The molecule has 0 spiro atoms. The first-order chi connectivity index (χ1) is 11.5. The van der Waals surface area contributed by atoms with Gasteiger partial charge in [0.15, 0.2) is 0 Å². The molecule has 2 aromatic rings. The summed E-state index contributed by atoms with van der Waals surface area (Å²) in [7, 11) is -0.912. The average molecular weight is 343 g/mol. The summed E-state index contributed by atoms with van der Waals surface area (Å²) in [6, 6.07) is 17.6. The van der Waals surface area contributed by atoms with Crippen LogP contribution in [0.4, 0.5) is 0 Å². The Kier molecular flexibility index (Phi) is 6.73. The largest absolute Gasteiger partial charge is 0.351 e. The van der Waals surface area contributed by atoms with Gasteiger partial charge in [-0.05, 0) is 29.2 Å². The first-order valence-corrected chi connectivity index (χ1v) is 9.92. The molecule has 0 aliphatic rings. The third kappa shape index (κ3) is 5.31. The molecule has 0 aliphatic heterocycles. The van der Waals surface area contributed by atoms with Crippen LogP contribution in [0.3, 0.4) is 0 Å². The maximum Gasteiger partial charge on any atom is 0.251 e. The van der Waals surface area contributed by atoms with Crippen molar-refractivity contribution in [2.24, 2.45) is 5.92 Å². The van der Waals surface area contributed by atoms with Gasteiger partial charge in [-0.3, -0.25) is 9.00 Å². The minimum atomic E-state index is -0.912. The first-order valence-electron chi connectivity index (χ1n) is 8.19. The minimum absolute atomic E-state index is 0.0830. The summed E-state index contributed by atoms with van der Waals surface area (Å²) in [5.41, 5.74) is 2.78. The van der Waals surface area contributed by atoms with Crippen molar-refractivity contribution >= 4 is 16.7 Å². The highest BCUT2D eigenvalue weighted by atomic mass is 32.2. The van der Waals surface area contributed by atoms with E-state index in [0.717, 1.165) is 5.56 Å². The Balaban J connectivity index is 2.05. The molecule has 4 heteroatoms. The quantitative estimate of drug-likeness (QED) is 0.832. The van der Waals surface area contributed by atoms with Crippen LogP contribution in [0.15, 0.2) is 54.6 Å². The normalized spacial score (nSPS) is 13.5. The van der Waals surface area contributed by atoms with Crippen molar-refractivity contribution in [2.45, 2.75) is 25.5 Å². The van der Waals surface area contributed by atoms with Crippen LogP contribution < -0.4 is 5.32 Å². The molecule has 2 atom stereocenters. The lowest BCUT2D eigenvalue weighted by atomic mass is 9.88. The highest BCUT2D eigenvalue weighted by molar-refractivity contribution is 7.83. The first kappa shape index (κ1) is 18.4. The molecule has 0 radical (unpaired) electrons. The van der Waals surface area contributed by atoms with Gasteiger partial charge in [-0.2, -0.15) is 0 Å². The summed E-state index contributed by atoms with van der Waals surface area (Å²) in [5, 5.41) is 3.04. The number of amides is 1. The van der Waals surface area contributed by atoms with Gasteiger partial charge in [0.05, 0.1) is 0 Å². The summed E-state index contributed by atoms with van der Waals surface area (Å²) < 4.78 is 11.4. The Morgan fingerprint density at radius 1 is 1.08 bits per heavy atom. The second-order valence-corrected chi connectivity index (χ2v) is 7.82. The van der Waals surface area contributed by atoms with E-state index in [1.165, 1.54) is 5.56 Å². The smallest absolute Gasteiger partial charge is 0.251 e. The molecule has 128 valence electrons. The molecule has 24 heavy (non-hydrogen) atoms. The molecule has 0 saturated heterocycles. The molecule has 1 amide bonds. The Labute approximate surface area is 146 Å². The predicted molar refractivity (Wildman–Crippen MR) is 101 cm³/mol. The lowest BCUT2D eigenvalue weighted by Crippen LogP contribution is -2.30. The van der Waals surface area contributed by atoms with Crippen LogP contribution in [0, 0.1) is 5.92 Å². The van der Waals surface area contributed by atoms with Gasteiger partial charge in [0.25, 0.3) is 5.91 Å². The van der Waals surface area contributed by atoms with Crippen molar-refractivity contribution in [3.63, 3.8) is 0 Å². The summed E-state index contributed by atoms with van der Waals surface area (Å²) >= 11 is 0. The molecule has 0 bridgehead atoms. The van der Waals surface area contributed by atoms with E-state index in [9.17, 15) is 9.00 Å². The van der Waals surface area contributed by atoms with Crippen molar-refractivity contribution in [3.05, 3.63) is 71.3 Å². The monoisotopic (exact) mass is 343 g/mol. The van der Waals surface area contributed by atoms with E-state index in [1.807, 2.05) is 36.4 Å². The van der Waals surface area contributed by atoms with Crippen LogP contribution in [-0.2, 0) is 16.6 Å². The molecular formula is C20H25NO2S. The summed E-state index contributed by atoms with van der Waals surface area (Å²) in [6.45, 7) is 4.94. The SMILES string of the molecule is CC(C)[C@H](CNC(=O)c1cccc(C[S@](C)=O)c1)c1ccccc1. The molecule has 0 aliphatic carbocycles. The number of nitrogens with one attached hydrogen (secondary N) is 1. The molecule has 0 heterocycles. The van der Waals surface area contributed by atoms with Gasteiger partial charge in [0, 0.05) is 40.8 Å². The number of carbonyl (C=O) groups is 1. The zero-order valence-corrected chi connectivity index (χ0v) is 15.3. The lowest BCUT2D eigenvalue weighted by molar-refractivity contribution is 0.0949. The zero-order valence-electron chi connectivity index (χ0n) is 14.5. The van der Waals surface area contributed by atoms with Gasteiger partial charge in [-0.1, -0.05) is 56.3 Å². The van der Waals surface area contributed by atoms with Crippen molar-refractivity contribution in [1.29, 1.82) is 0 Å². The standard InChI is InChI=1S/C20H25NO2S/c1-15(2)19(17-9-5-4-6-10-17)13-21-20(22)18-11-7-8-16(12-18)14-24(3)23/h4-12,15,19H,13-14H2,1-3H3,(H,21,22)/t19-,24-/m0/s1. The predicted octanol–water partition coefficient (Wildman–Crippen LogP) is 3.73. The molecule has 1 N–H and O–H groups in total. The van der Waals surface area contributed by atoms with Gasteiger partial charge in [0.2, 0.25) is 0 Å². The topological polar surface area (TPSA) is 46.2 Å². The van der Waals surface area contributed by atoms with Gasteiger partial charge in [0.1, 0.15) is 0 Å².